The van der Waals surface area contributed by atoms with E-state index in [1.54, 1.807) is 25.2 Å². The first-order chi connectivity index (χ1) is 10.8. The van der Waals surface area contributed by atoms with Gasteiger partial charge in [0.1, 0.15) is 0 Å². The third-order valence-corrected chi connectivity index (χ3v) is 6.44. The van der Waals surface area contributed by atoms with Crippen LogP contribution in [-0.2, 0) is 10.0 Å². The topological polar surface area (TPSA) is 49.4 Å². The van der Waals surface area contributed by atoms with Crippen LogP contribution in [0.2, 0.25) is 0 Å². The Morgan fingerprint density at radius 3 is 2.26 bits per heavy atom. The van der Waals surface area contributed by atoms with Crippen molar-refractivity contribution in [1.29, 1.82) is 0 Å². The average molecular weight is 353 g/mol. The smallest absolute Gasteiger partial charge is 0.213 e. The first kappa shape index (κ1) is 18.0. The molecule has 4 nitrogen and oxygen atoms in total. The van der Waals surface area contributed by atoms with Crippen molar-refractivity contribution in [2.75, 3.05) is 18.5 Å². The van der Waals surface area contributed by atoms with Gasteiger partial charge in [0.15, 0.2) is 0 Å². The van der Waals surface area contributed by atoms with Gasteiger partial charge in [0, 0.05) is 24.7 Å². The highest BCUT2D eigenvalue weighted by Crippen LogP contribution is 2.27. The molecule has 2 rings (SSSR count). The van der Waals surface area contributed by atoms with Gasteiger partial charge in [0.2, 0.25) is 10.0 Å². The molecule has 0 saturated carbocycles. The Bertz CT molecular complexity index is 708. The summed E-state index contributed by atoms with van der Waals surface area (Å²) in [6.45, 7) is 5.81. The third kappa shape index (κ3) is 4.56. The molecule has 0 spiro atoms. The summed E-state index contributed by atoms with van der Waals surface area (Å²) in [5.41, 5.74) is 3.40. The van der Waals surface area contributed by atoms with Crippen molar-refractivity contribution in [1.82, 2.24) is 4.72 Å². The van der Waals surface area contributed by atoms with Crippen LogP contribution < -0.4 is 9.62 Å². The Labute approximate surface area is 143 Å². The molecule has 0 fully saturated rings. The second-order valence-corrected chi connectivity index (χ2v) is 9.08. The molecule has 0 amide bonds. The maximum Gasteiger partial charge on any atom is 0.213 e. The third-order valence-electron chi connectivity index (χ3n) is 3.95. The maximum atomic E-state index is 11.8. The van der Waals surface area contributed by atoms with Gasteiger partial charge in [-0.2, -0.15) is 11.3 Å². The highest BCUT2D eigenvalue weighted by molar-refractivity contribution is 7.90. The van der Waals surface area contributed by atoms with E-state index in [1.807, 2.05) is 14.0 Å². The van der Waals surface area contributed by atoms with Gasteiger partial charge in [-0.25, -0.2) is 13.1 Å². The van der Waals surface area contributed by atoms with Crippen molar-refractivity contribution >= 4 is 32.7 Å². The number of hydrogen-bond acceptors (Lipinski definition) is 4. The van der Waals surface area contributed by atoms with Gasteiger partial charge in [0.25, 0.3) is 0 Å². The molecule has 0 bridgehead atoms. The molecule has 0 aliphatic rings. The van der Waals surface area contributed by atoms with Gasteiger partial charge >= 0.3 is 0 Å². The Morgan fingerprint density at radius 2 is 1.74 bits per heavy atom. The molecule has 0 radical (unpaired) electrons. The van der Waals surface area contributed by atoms with Crippen molar-refractivity contribution in [3.63, 3.8) is 0 Å². The quantitative estimate of drug-likeness (QED) is 0.821. The van der Waals surface area contributed by atoms with E-state index < -0.39 is 15.3 Å². The second-order valence-electron chi connectivity index (χ2n) is 5.98. The van der Waals surface area contributed by atoms with Crippen molar-refractivity contribution in [2.24, 2.45) is 0 Å². The Hall–Kier alpha value is -1.37. The van der Waals surface area contributed by atoms with Crippen LogP contribution in [0.3, 0.4) is 0 Å². The molecular formula is C17H24N2O2S2. The molecule has 0 aliphatic carbocycles. The summed E-state index contributed by atoms with van der Waals surface area (Å²) in [6.07, 6.45) is 0. The summed E-state index contributed by atoms with van der Waals surface area (Å²) >= 11 is 1.67. The Balaban J connectivity index is 2.02. The molecule has 1 atom stereocenters. The summed E-state index contributed by atoms with van der Waals surface area (Å²) < 4.78 is 26.3. The number of nitrogens with zero attached hydrogens (tertiary/aromatic N) is 1. The zero-order valence-electron chi connectivity index (χ0n) is 14.0. The Kier molecular flexibility index (Phi) is 5.84. The number of sulfonamides is 1. The molecule has 0 aliphatic heterocycles. The minimum atomic E-state index is -3.21. The molecule has 6 heteroatoms. The molecular weight excluding hydrogens is 328 g/mol. The van der Waals surface area contributed by atoms with Crippen molar-refractivity contribution in [3.8, 4) is 0 Å². The van der Waals surface area contributed by atoms with E-state index in [4.69, 9.17) is 0 Å². The fraction of sp³-hybridized carbons (Fsp3) is 0.412. The van der Waals surface area contributed by atoms with E-state index in [0.717, 1.165) is 11.3 Å². The fourth-order valence-electron chi connectivity index (χ4n) is 2.15. The van der Waals surface area contributed by atoms with E-state index in [-0.39, 0.29) is 5.92 Å². The number of benzene rings is 1. The summed E-state index contributed by atoms with van der Waals surface area (Å²) in [4.78, 5) is 2.13. The van der Waals surface area contributed by atoms with Gasteiger partial charge in [-0.15, -0.1) is 0 Å². The highest BCUT2D eigenvalue weighted by Gasteiger charge is 2.17. The zero-order chi connectivity index (χ0) is 17.0. The number of rotatable bonds is 7. The lowest BCUT2D eigenvalue weighted by Gasteiger charge is -2.19. The van der Waals surface area contributed by atoms with E-state index in [9.17, 15) is 8.42 Å². The van der Waals surface area contributed by atoms with Crippen molar-refractivity contribution < 1.29 is 8.42 Å². The van der Waals surface area contributed by atoms with Gasteiger partial charge in [0.05, 0.1) is 10.9 Å². The van der Waals surface area contributed by atoms with Crippen LogP contribution in [0.15, 0.2) is 41.1 Å². The van der Waals surface area contributed by atoms with Crippen molar-refractivity contribution in [2.45, 2.75) is 31.9 Å². The standard InChI is InChI=1S/C17H24N2O2S2/c1-13(2)23(20,21)18-11-14(3)15-5-7-16(8-6-15)19(4)17-9-10-22-12-17/h5-10,12-14,18H,11H2,1-4H3. The van der Waals surface area contributed by atoms with E-state index in [1.165, 1.54) is 5.69 Å². The van der Waals surface area contributed by atoms with E-state index >= 15 is 0 Å². The first-order valence-electron chi connectivity index (χ1n) is 7.65. The summed E-state index contributed by atoms with van der Waals surface area (Å²) in [6, 6.07) is 10.3. The SMILES string of the molecule is CC(CNS(=O)(=O)C(C)C)c1ccc(N(C)c2ccsc2)cc1. The minimum absolute atomic E-state index is 0.129. The second kappa shape index (κ2) is 7.47. The predicted molar refractivity (Wildman–Crippen MR) is 99.3 cm³/mol. The van der Waals surface area contributed by atoms with E-state index in [0.29, 0.717) is 6.54 Å². The number of anilines is 2. The zero-order valence-corrected chi connectivity index (χ0v) is 15.6. The molecule has 2 aromatic rings. The molecule has 1 aromatic heterocycles. The van der Waals surface area contributed by atoms with Crippen LogP contribution in [0.25, 0.3) is 0 Å². The minimum Gasteiger partial charge on any atom is -0.344 e. The predicted octanol–water partition coefficient (Wildman–Crippen LogP) is 3.95. The van der Waals surface area contributed by atoms with Crippen LogP contribution in [0.1, 0.15) is 32.3 Å². The largest absolute Gasteiger partial charge is 0.344 e. The number of hydrogen-bond donors (Lipinski definition) is 1. The van der Waals surface area contributed by atoms with Crippen LogP contribution in [0.4, 0.5) is 11.4 Å². The van der Waals surface area contributed by atoms with Crippen LogP contribution in [0.5, 0.6) is 0 Å². The van der Waals surface area contributed by atoms with Crippen LogP contribution in [0, 0.1) is 0 Å². The Morgan fingerprint density at radius 1 is 1.09 bits per heavy atom. The number of nitrogens with one attached hydrogen (secondary N) is 1. The first-order valence-corrected chi connectivity index (χ1v) is 10.1. The molecule has 1 N–H and O–H groups in total. The molecule has 0 saturated heterocycles. The van der Waals surface area contributed by atoms with Crippen LogP contribution in [-0.4, -0.2) is 27.3 Å². The maximum absolute atomic E-state index is 11.8. The van der Waals surface area contributed by atoms with Gasteiger partial charge in [-0.3, -0.25) is 0 Å². The summed E-state index contributed by atoms with van der Waals surface area (Å²) in [7, 11) is -1.17. The lowest BCUT2D eigenvalue weighted by molar-refractivity contribution is 0.566. The lowest BCUT2D eigenvalue weighted by Crippen LogP contribution is -2.33. The van der Waals surface area contributed by atoms with E-state index in [2.05, 4.69) is 50.7 Å². The fourth-order valence-corrected chi connectivity index (χ4v) is 3.64. The summed E-state index contributed by atoms with van der Waals surface area (Å²) in [5.74, 6) is 0.129. The average Bonchev–Trinajstić information content (AvgIpc) is 3.06. The van der Waals surface area contributed by atoms with Gasteiger partial charge in [-0.1, -0.05) is 19.1 Å². The molecule has 1 heterocycles. The summed E-state index contributed by atoms with van der Waals surface area (Å²) in [5, 5.41) is 3.76. The highest BCUT2D eigenvalue weighted by atomic mass is 32.2. The molecule has 23 heavy (non-hydrogen) atoms. The van der Waals surface area contributed by atoms with Gasteiger partial charge < -0.3 is 4.90 Å². The number of thiophene rings is 1. The molecule has 1 aromatic carbocycles. The van der Waals surface area contributed by atoms with Crippen LogP contribution >= 0.6 is 11.3 Å². The molecule has 126 valence electrons. The molecule has 1 unspecified atom stereocenters. The normalized spacial score (nSPS) is 13.3. The van der Waals surface area contributed by atoms with Crippen molar-refractivity contribution in [3.05, 3.63) is 46.7 Å². The van der Waals surface area contributed by atoms with Gasteiger partial charge in [-0.05, 0) is 48.9 Å². The monoisotopic (exact) mass is 352 g/mol. The lowest BCUT2D eigenvalue weighted by atomic mass is 10.0.